The number of anilines is 1. The van der Waals surface area contributed by atoms with Crippen molar-refractivity contribution in [1.82, 2.24) is 15.5 Å². The van der Waals surface area contributed by atoms with Gasteiger partial charge in [-0.05, 0) is 24.3 Å². The first-order valence-electron chi connectivity index (χ1n) is 7.40. The van der Waals surface area contributed by atoms with E-state index in [9.17, 15) is 9.59 Å². The van der Waals surface area contributed by atoms with E-state index >= 15 is 0 Å². The van der Waals surface area contributed by atoms with Gasteiger partial charge in [0.1, 0.15) is 0 Å². The van der Waals surface area contributed by atoms with Gasteiger partial charge in [0.25, 0.3) is 5.91 Å². The molecule has 1 atom stereocenters. The number of hydrogen-bond donors (Lipinski definition) is 2. The number of ether oxygens (including phenoxy) is 1. The minimum absolute atomic E-state index is 0.0603. The predicted octanol–water partition coefficient (Wildman–Crippen LogP) is 2.24. The topological polar surface area (TPSA) is 93.2 Å². The number of nitrogens with one attached hydrogen (secondary N) is 2. The third-order valence-corrected chi connectivity index (χ3v) is 6.09. The van der Waals surface area contributed by atoms with Crippen LogP contribution in [0.15, 0.2) is 21.9 Å². The van der Waals surface area contributed by atoms with Crippen LogP contribution in [-0.2, 0) is 9.53 Å². The van der Waals surface area contributed by atoms with Crippen LogP contribution in [0.1, 0.15) is 22.5 Å². The molecule has 128 valence electrons. The highest BCUT2D eigenvalue weighted by atomic mass is 32.2. The van der Waals surface area contributed by atoms with Gasteiger partial charge in [0.2, 0.25) is 11.0 Å². The molecular formula is C14H16N4O3S3. The molecule has 7 nitrogen and oxygen atoms in total. The quantitative estimate of drug-likeness (QED) is 0.562. The largest absolute Gasteiger partial charge is 0.376 e. The highest BCUT2D eigenvalue weighted by Gasteiger charge is 2.17. The molecule has 2 amide bonds. The molecule has 2 aromatic heterocycles. The molecule has 10 heteroatoms. The van der Waals surface area contributed by atoms with Gasteiger partial charge in [-0.1, -0.05) is 29.2 Å². The molecule has 2 N–H and O–H groups in total. The minimum Gasteiger partial charge on any atom is -0.376 e. The van der Waals surface area contributed by atoms with E-state index in [-0.39, 0.29) is 23.7 Å². The van der Waals surface area contributed by atoms with Gasteiger partial charge in [-0.2, -0.15) is 0 Å². The van der Waals surface area contributed by atoms with Crippen LogP contribution in [0.25, 0.3) is 0 Å². The summed E-state index contributed by atoms with van der Waals surface area (Å²) in [6, 6.07) is 3.56. The molecule has 1 aliphatic heterocycles. The number of thioether (sulfide) groups is 1. The second kappa shape index (κ2) is 8.56. The molecule has 1 saturated heterocycles. The fraction of sp³-hybridized carbons (Fsp3) is 0.429. The average Bonchev–Trinajstić information content (AvgIpc) is 3.32. The fourth-order valence-electron chi connectivity index (χ4n) is 2.10. The molecule has 0 spiro atoms. The van der Waals surface area contributed by atoms with Crippen LogP contribution in [0.4, 0.5) is 5.13 Å². The van der Waals surface area contributed by atoms with Crippen molar-refractivity contribution in [3.8, 4) is 0 Å². The predicted molar refractivity (Wildman–Crippen MR) is 94.9 cm³/mol. The molecule has 0 aromatic carbocycles. The molecule has 1 aliphatic rings. The molecular weight excluding hydrogens is 368 g/mol. The van der Waals surface area contributed by atoms with E-state index < -0.39 is 0 Å². The number of nitrogens with zero attached hydrogens (tertiary/aromatic N) is 2. The second-order valence-corrected chi connectivity index (χ2v) is 8.18. The van der Waals surface area contributed by atoms with E-state index in [4.69, 9.17) is 4.74 Å². The van der Waals surface area contributed by atoms with Crippen LogP contribution < -0.4 is 10.6 Å². The SMILES string of the molecule is O=C(CSc1nnc(NC(=O)c2cccs2)s1)NC[C@H]1CCCO1. The highest BCUT2D eigenvalue weighted by Crippen LogP contribution is 2.26. The van der Waals surface area contributed by atoms with Crippen molar-refractivity contribution in [2.45, 2.75) is 23.3 Å². The Labute approximate surface area is 151 Å². The van der Waals surface area contributed by atoms with E-state index in [1.54, 1.807) is 6.07 Å². The summed E-state index contributed by atoms with van der Waals surface area (Å²) < 4.78 is 6.10. The van der Waals surface area contributed by atoms with Crippen molar-refractivity contribution in [2.75, 3.05) is 24.2 Å². The molecule has 0 unspecified atom stereocenters. The van der Waals surface area contributed by atoms with Gasteiger partial charge in [0, 0.05) is 13.2 Å². The lowest BCUT2D eigenvalue weighted by Crippen LogP contribution is -2.32. The van der Waals surface area contributed by atoms with E-state index in [2.05, 4.69) is 20.8 Å². The van der Waals surface area contributed by atoms with E-state index in [0.29, 0.717) is 20.9 Å². The van der Waals surface area contributed by atoms with Gasteiger partial charge in [0.15, 0.2) is 4.34 Å². The maximum atomic E-state index is 11.9. The first-order chi connectivity index (χ1) is 11.7. The molecule has 3 rings (SSSR count). The first-order valence-corrected chi connectivity index (χ1v) is 10.1. The Kier molecular flexibility index (Phi) is 6.18. The zero-order valence-corrected chi connectivity index (χ0v) is 15.1. The van der Waals surface area contributed by atoms with Crippen molar-refractivity contribution in [2.24, 2.45) is 0 Å². The van der Waals surface area contributed by atoms with Gasteiger partial charge in [0.05, 0.1) is 16.7 Å². The number of rotatable bonds is 7. The average molecular weight is 385 g/mol. The zero-order valence-electron chi connectivity index (χ0n) is 12.7. The van der Waals surface area contributed by atoms with Crippen LogP contribution in [0.5, 0.6) is 0 Å². The van der Waals surface area contributed by atoms with Crippen molar-refractivity contribution in [3.05, 3.63) is 22.4 Å². The molecule has 0 radical (unpaired) electrons. The van der Waals surface area contributed by atoms with Gasteiger partial charge < -0.3 is 10.1 Å². The standard InChI is InChI=1S/C14H16N4O3S3/c19-11(15-7-9-3-1-5-21-9)8-23-14-18-17-13(24-14)16-12(20)10-4-2-6-22-10/h2,4,6,9H,1,3,5,7-8H2,(H,15,19)(H,16,17,20)/t9-/m1/s1. The summed E-state index contributed by atoms with van der Waals surface area (Å²) in [5.41, 5.74) is 0. The van der Waals surface area contributed by atoms with Crippen LogP contribution >= 0.6 is 34.4 Å². The monoisotopic (exact) mass is 384 g/mol. The van der Waals surface area contributed by atoms with Crippen molar-refractivity contribution in [3.63, 3.8) is 0 Å². The van der Waals surface area contributed by atoms with Crippen molar-refractivity contribution in [1.29, 1.82) is 0 Å². The summed E-state index contributed by atoms with van der Waals surface area (Å²) in [6.07, 6.45) is 2.19. The summed E-state index contributed by atoms with van der Waals surface area (Å²) >= 11 is 3.92. The Bertz CT molecular complexity index is 683. The molecule has 24 heavy (non-hydrogen) atoms. The Balaban J connectivity index is 1.40. The first kappa shape index (κ1) is 17.3. The van der Waals surface area contributed by atoms with E-state index in [0.717, 1.165) is 19.4 Å². The molecule has 2 aromatic rings. The molecule has 0 saturated carbocycles. The third-order valence-electron chi connectivity index (χ3n) is 3.25. The molecule has 1 fully saturated rings. The zero-order chi connectivity index (χ0) is 16.8. The van der Waals surface area contributed by atoms with Crippen LogP contribution in [0, 0.1) is 0 Å². The highest BCUT2D eigenvalue weighted by molar-refractivity contribution is 8.01. The lowest BCUT2D eigenvalue weighted by molar-refractivity contribution is -0.119. The Hall–Kier alpha value is -1.49. The summed E-state index contributed by atoms with van der Waals surface area (Å²) in [4.78, 5) is 24.3. The molecule has 0 aliphatic carbocycles. The number of carbonyl (C=O) groups is 2. The van der Waals surface area contributed by atoms with Gasteiger partial charge in [-0.3, -0.25) is 14.9 Å². The lowest BCUT2D eigenvalue weighted by atomic mass is 10.2. The Morgan fingerprint density at radius 3 is 3.08 bits per heavy atom. The smallest absolute Gasteiger partial charge is 0.267 e. The fourth-order valence-corrected chi connectivity index (χ4v) is 4.29. The van der Waals surface area contributed by atoms with Crippen molar-refractivity contribution < 1.29 is 14.3 Å². The summed E-state index contributed by atoms with van der Waals surface area (Å²) in [7, 11) is 0. The van der Waals surface area contributed by atoms with Gasteiger partial charge >= 0.3 is 0 Å². The second-order valence-electron chi connectivity index (χ2n) is 5.03. The molecule has 3 heterocycles. The van der Waals surface area contributed by atoms with Crippen LogP contribution in [0.3, 0.4) is 0 Å². The minimum atomic E-state index is -0.202. The maximum Gasteiger partial charge on any atom is 0.267 e. The van der Waals surface area contributed by atoms with E-state index in [1.807, 2.05) is 11.4 Å². The van der Waals surface area contributed by atoms with Crippen LogP contribution in [0.2, 0.25) is 0 Å². The Morgan fingerprint density at radius 1 is 1.42 bits per heavy atom. The summed E-state index contributed by atoms with van der Waals surface area (Å²) in [5.74, 6) is 0.00196. The number of amides is 2. The van der Waals surface area contributed by atoms with Crippen molar-refractivity contribution >= 4 is 51.4 Å². The number of hydrogen-bond acceptors (Lipinski definition) is 8. The molecule has 0 bridgehead atoms. The number of carbonyl (C=O) groups excluding carboxylic acids is 2. The lowest BCUT2D eigenvalue weighted by Gasteiger charge is -2.09. The summed E-state index contributed by atoms with van der Waals surface area (Å²) in [6.45, 7) is 1.33. The normalized spacial score (nSPS) is 16.9. The Morgan fingerprint density at radius 2 is 2.33 bits per heavy atom. The number of aromatic nitrogens is 2. The maximum absolute atomic E-state index is 11.9. The third kappa shape index (κ3) is 5.00. The van der Waals surface area contributed by atoms with Gasteiger partial charge in [-0.15, -0.1) is 21.5 Å². The number of thiophene rings is 1. The van der Waals surface area contributed by atoms with Gasteiger partial charge in [-0.25, -0.2) is 0 Å². The van der Waals surface area contributed by atoms with Crippen LogP contribution in [-0.4, -0.2) is 47.0 Å². The van der Waals surface area contributed by atoms with E-state index in [1.165, 1.54) is 34.4 Å². The summed E-state index contributed by atoms with van der Waals surface area (Å²) in [5, 5.41) is 15.7.